The molecule has 0 radical (unpaired) electrons. The number of hydrogen-bond acceptors (Lipinski definition) is 3. The Balaban J connectivity index is 2.17. The predicted octanol–water partition coefficient (Wildman–Crippen LogP) is 2.77. The van der Waals surface area contributed by atoms with Gasteiger partial charge in [-0.2, -0.15) is 0 Å². The first-order valence-electron chi connectivity index (χ1n) is 7.03. The van der Waals surface area contributed by atoms with Gasteiger partial charge in [0.1, 0.15) is 11.8 Å². The third-order valence-corrected chi connectivity index (χ3v) is 3.35. The van der Waals surface area contributed by atoms with Crippen LogP contribution in [-0.4, -0.2) is 34.9 Å². The highest BCUT2D eigenvalue weighted by molar-refractivity contribution is 5.70. The largest absolute Gasteiger partial charge is 0.445 e. The molecule has 1 aliphatic heterocycles. The van der Waals surface area contributed by atoms with E-state index in [1.165, 1.54) is 4.90 Å². The summed E-state index contributed by atoms with van der Waals surface area (Å²) in [5, 5.41) is 0. The van der Waals surface area contributed by atoms with E-state index in [4.69, 9.17) is 12.2 Å². The second kappa shape index (κ2) is 3.37. The predicted molar refractivity (Wildman–Crippen MR) is 64.6 cm³/mol. The Morgan fingerprint density at radius 2 is 1.94 bits per heavy atom. The SMILES string of the molecule is [2H][C@@H]1C(C)(C)[C@]1([2H])OC(=O)N1C(C)(C)COC1(C)C. The Labute approximate surface area is 106 Å². The Morgan fingerprint density at radius 3 is 2.29 bits per heavy atom. The molecule has 1 saturated carbocycles. The maximum atomic E-state index is 12.4. The molecule has 4 nitrogen and oxygen atoms in total. The molecule has 1 saturated heterocycles. The molecule has 1 heterocycles. The van der Waals surface area contributed by atoms with Crippen molar-refractivity contribution in [3.05, 3.63) is 0 Å². The van der Waals surface area contributed by atoms with E-state index in [-0.39, 0.29) is 0 Å². The van der Waals surface area contributed by atoms with Crippen LogP contribution >= 0.6 is 0 Å². The van der Waals surface area contributed by atoms with Gasteiger partial charge in [0.15, 0.2) is 0 Å². The second-order valence-corrected chi connectivity index (χ2v) is 6.48. The highest BCUT2D eigenvalue weighted by Gasteiger charge is 2.54. The monoisotopic (exact) mass is 243 g/mol. The molecule has 2 atom stereocenters. The van der Waals surface area contributed by atoms with Gasteiger partial charge in [-0.1, -0.05) is 13.8 Å². The molecule has 4 heteroatoms. The highest BCUT2D eigenvalue weighted by Crippen LogP contribution is 2.48. The van der Waals surface area contributed by atoms with Gasteiger partial charge in [0.25, 0.3) is 0 Å². The number of ether oxygens (including phenoxy) is 2. The number of nitrogens with zero attached hydrogens (tertiary/aromatic N) is 1. The first kappa shape index (κ1) is 10.2. The van der Waals surface area contributed by atoms with E-state index in [9.17, 15) is 4.79 Å². The van der Waals surface area contributed by atoms with Crippen LogP contribution in [0.1, 0.15) is 50.7 Å². The van der Waals surface area contributed by atoms with Crippen LogP contribution in [0.4, 0.5) is 4.79 Å². The smallest absolute Gasteiger partial charge is 0.412 e. The number of hydrogen-bond donors (Lipinski definition) is 0. The summed E-state index contributed by atoms with van der Waals surface area (Å²) in [6, 6.07) is 0. The molecule has 0 aromatic carbocycles. The first-order chi connectivity index (χ1) is 8.36. The van der Waals surface area contributed by atoms with E-state index in [1.807, 2.05) is 13.8 Å². The molecule has 2 aliphatic rings. The number of amides is 1. The molecule has 1 aliphatic carbocycles. The number of carbonyl (C=O) groups is 1. The molecule has 0 unspecified atom stereocenters. The van der Waals surface area contributed by atoms with Gasteiger partial charge in [-0.15, -0.1) is 0 Å². The third-order valence-electron chi connectivity index (χ3n) is 3.35. The molecule has 17 heavy (non-hydrogen) atoms. The zero-order chi connectivity index (χ0) is 14.9. The Bertz CT molecular complexity index is 406. The summed E-state index contributed by atoms with van der Waals surface area (Å²) in [6.45, 7) is 11.4. The Kier molecular flexibility index (Phi) is 2.02. The Morgan fingerprint density at radius 1 is 1.41 bits per heavy atom. The van der Waals surface area contributed by atoms with Crippen LogP contribution in [0.3, 0.4) is 0 Å². The van der Waals surface area contributed by atoms with Gasteiger partial charge in [-0.05, 0) is 34.1 Å². The van der Waals surface area contributed by atoms with E-state index < -0.39 is 35.2 Å². The lowest BCUT2D eigenvalue weighted by Crippen LogP contribution is -2.53. The minimum Gasteiger partial charge on any atom is -0.445 e. The molecule has 0 N–H and O–H groups in total. The maximum Gasteiger partial charge on any atom is 0.412 e. The summed E-state index contributed by atoms with van der Waals surface area (Å²) >= 11 is 0. The van der Waals surface area contributed by atoms with Gasteiger partial charge in [0.2, 0.25) is 0 Å². The summed E-state index contributed by atoms with van der Waals surface area (Å²) < 4.78 is 26.8. The molecule has 0 aromatic rings. The second-order valence-electron chi connectivity index (χ2n) is 6.48. The molecule has 0 bridgehead atoms. The van der Waals surface area contributed by atoms with E-state index >= 15 is 0 Å². The highest BCUT2D eigenvalue weighted by atomic mass is 16.6. The van der Waals surface area contributed by atoms with Crippen molar-refractivity contribution in [2.75, 3.05) is 6.61 Å². The van der Waals surface area contributed by atoms with Gasteiger partial charge < -0.3 is 9.47 Å². The Hall–Kier alpha value is -0.770. The molecule has 0 aromatic heterocycles. The van der Waals surface area contributed by atoms with Crippen LogP contribution in [0.25, 0.3) is 0 Å². The fraction of sp³-hybridized carbons (Fsp3) is 0.923. The van der Waals surface area contributed by atoms with Crippen molar-refractivity contribution in [2.45, 2.75) is 65.3 Å². The lowest BCUT2D eigenvalue weighted by molar-refractivity contribution is -0.0544. The van der Waals surface area contributed by atoms with Crippen molar-refractivity contribution in [3.63, 3.8) is 0 Å². The van der Waals surface area contributed by atoms with Crippen LogP contribution in [0, 0.1) is 5.41 Å². The summed E-state index contributed by atoms with van der Waals surface area (Å²) in [4.78, 5) is 13.9. The zero-order valence-electron chi connectivity index (χ0n) is 13.5. The fourth-order valence-electron chi connectivity index (χ4n) is 2.27. The number of rotatable bonds is 1. The van der Waals surface area contributed by atoms with Crippen LogP contribution in [-0.2, 0) is 9.47 Å². The van der Waals surface area contributed by atoms with Crippen LogP contribution in [0.15, 0.2) is 0 Å². The third kappa shape index (κ3) is 2.15. The molecular weight excluding hydrogens is 218 g/mol. The van der Waals surface area contributed by atoms with Crippen molar-refractivity contribution in [2.24, 2.45) is 5.41 Å². The molecule has 1 amide bonds. The van der Waals surface area contributed by atoms with Crippen LogP contribution < -0.4 is 0 Å². The molecular formula is C13H23NO3. The van der Waals surface area contributed by atoms with E-state index in [1.54, 1.807) is 27.7 Å². The van der Waals surface area contributed by atoms with Crippen molar-refractivity contribution < 1.29 is 17.0 Å². The van der Waals surface area contributed by atoms with Crippen molar-refractivity contribution >= 4 is 6.09 Å². The van der Waals surface area contributed by atoms with Gasteiger partial charge in [-0.25, -0.2) is 4.79 Å². The quantitative estimate of drug-likeness (QED) is 0.711. The zero-order valence-corrected chi connectivity index (χ0v) is 11.5. The topological polar surface area (TPSA) is 38.8 Å². The summed E-state index contributed by atoms with van der Waals surface area (Å²) in [6.07, 6.45) is -2.75. The number of carbonyl (C=O) groups excluding carboxylic acids is 1. The van der Waals surface area contributed by atoms with Gasteiger partial charge in [-0.3, -0.25) is 4.90 Å². The average Bonchev–Trinajstić information content (AvgIpc) is 2.50. The molecule has 2 fully saturated rings. The lowest BCUT2D eigenvalue weighted by atomic mass is 10.0. The summed E-state index contributed by atoms with van der Waals surface area (Å²) in [7, 11) is 0. The van der Waals surface area contributed by atoms with Gasteiger partial charge >= 0.3 is 6.09 Å². The minimum atomic E-state index is -1.46. The van der Waals surface area contributed by atoms with Crippen molar-refractivity contribution in [1.29, 1.82) is 0 Å². The van der Waals surface area contributed by atoms with E-state index in [0.29, 0.717) is 6.61 Å². The standard InChI is InChI=1S/C13H23NO3/c1-11(2)7-9(11)17-10(15)14-12(3,4)8-16-13(14,5)6/h9H,7-8H2,1-6H3/t9-/m1/s1/i7D,9D/t7-,9+/m0. The molecule has 2 rings (SSSR count). The van der Waals surface area contributed by atoms with Crippen LogP contribution in [0.5, 0.6) is 0 Å². The van der Waals surface area contributed by atoms with E-state index in [0.717, 1.165) is 0 Å². The normalized spacial score (nSPS) is 42.7. The van der Waals surface area contributed by atoms with Gasteiger partial charge in [0, 0.05) is 6.79 Å². The van der Waals surface area contributed by atoms with Gasteiger partial charge in [0.05, 0.1) is 13.5 Å². The molecule has 98 valence electrons. The minimum absolute atomic E-state index is 0.424. The maximum absolute atomic E-state index is 12.4. The fourth-order valence-corrected chi connectivity index (χ4v) is 2.27. The van der Waals surface area contributed by atoms with Crippen molar-refractivity contribution in [3.8, 4) is 0 Å². The van der Waals surface area contributed by atoms with Crippen molar-refractivity contribution in [1.82, 2.24) is 4.90 Å². The first-order valence-corrected chi connectivity index (χ1v) is 5.96. The lowest BCUT2D eigenvalue weighted by Gasteiger charge is -2.36. The van der Waals surface area contributed by atoms with Crippen LogP contribution in [0.2, 0.25) is 0 Å². The average molecular weight is 243 g/mol. The van der Waals surface area contributed by atoms with E-state index in [2.05, 4.69) is 0 Å². The molecule has 0 spiro atoms. The summed E-state index contributed by atoms with van der Waals surface area (Å²) in [5.74, 6) is 0. The summed E-state index contributed by atoms with van der Waals surface area (Å²) in [5.41, 5.74) is -1.86.